The van der Waals surface area contributed by atoms with Crippen molar-refractivity contribution in [3.05, 3.63) is 52.2 Å². The number of ether oxygens (including phenoxy) is 1. The predicted octanol–water partition coefficient (Wildman–Crippen LogP) is 2.60. The van der Waals surface area contributed by atoms with E-state index in [9.17, 15) is 14.4 Å². The monoisotopic (exact) mass is 455 g/mol. The second-order valence-corrected chi connectivity index (χ2v) is 9.60. The molecule has 0 aliphatic carbocycles. The maximum atomic E-state index is 12.9. The molecule has 8 heteroatoms. The summed E-state index contributed by atoms with van der Waals surface area (Å²) in [6.45, 7) is 1.65. The molecule has 0 unspecified atom stereocenters. The van der Waals surface area contributed by atoms with Crippen LogP contribution in [0.3, 0.4) is 0 Å². The summed E-state index contributed by atoms with van der Waals surface area (Å²) in [4.78, 5) is 42.2. The Morgan fingerprint density at radius 3 is 2.78 bits per heavy atom. The molecule has 0 spiro atoms. The molecule has 2 aromatic rings. The lowest BCUT2D eigenvalue weighted by atomic mass is 9.87. The number of methoxy groups -OCH3 is 1. The molecule has 3 amide bonds. The number of thiophene rings is 1. The van der Waals surface area contributed by atoms with Crippen molar-refractivity contribution >= 4 is 29.1 Å². The lowest BCUT2D eigenvalue weighted by Gasteiger charge is -2.35. The number of carbonyl (C=O) groups excluding carboxylic acids is 3. The average molecular weight is 456 g/mol. The van der Waals surface area contributed by atoms with E-state index in [0.717, 1.165) is 24.2 Å². The van der Waals surface area contributed by atoms with Gasteiger partial charge in [-0.15, -0.1) is 11.3 Å². The Labute approximate surface area is 192 Å². The Morgan fingerprint density at radius 1 is 1.22 bits per heavy atom. The molecule has 2 aliphatic rings. The van der Waals surface area contributed by atoms with Crippen molar-refractivity contribution in [2.24, 2.45) is 0 Å². The van der Waals surface area contributed by atoms with Crippen LogP contribution < -0.4 is 10.1 Å². The van der Waals surface area contributed by atoms with Crippen LogP contribution in [0.5, 0.6) is 5.75 Å². The number of nitrogens with zero attached hydrogens (tertiary/aromatic N) is 2. The van der Waals surface area contributed by atoms with Gasteiger partial charge in [-0.25, -0.2) is 0 Å². The van der Waals surface area contributed by atoms with E-state index < -0.39 is 0 Å². The first-order chi connectivity index (χ1) is 15.5. The minimum atomic E-state index is -0.365. The Bertz CT molecular complexity index is 977. The number of nitrogens with one attached hydrogen (secondary N) is 1. The SMILES string of the molecule is COc1cccc(CN2CCN(C(=O)CC[C@]3(Cc4cccs4)CCC(=O)N3)CC2=O)c1. The highest BCUT2D eigenvalue weighted by atomic mass is 32.1. The van der Waals surface area contributed by atoms with Crippen molar-refractivity contribution < 1.29 is 19.1 Å². The van der Waals surface area contributed by atoms with Gasteiger partial charge in [0.2, 0.25) is 17.7 Å². The number of hydrogen-bond donors (Lipinski definition) is 1. The van der Waals surface area contributed by atoms with Gasteiger partial charge in [0.15, 0.2) is 0 Å². The maximum absolute atomic E-state index is 12.9. The highest BCUT2D eigenvalue weighted by Gasteiger charge is 2.39. The smallest absolute Gasteiger partial charge is 0.242 e. The molecule has 1 aromatic heterocycles. The van der Waals surface area contributed by atoms with Gasteiger partial charge in [0.25, 0.3) is 0 Å². The molecule has 2 fully saturated rings. The number of carbonyl (C=O) groups is 3. The second-order valence-electron chi connectivity index (χ2n) is 8.57. The molecule has 3 heterocycles. The maximum Gasteiger partial charge on any atom is 0.242 e. The van der Waals surface area contributed by atoms with Gasteiger partial charge in [-0.05, 0) is 42.0 Å². The number of amides is 3. The van der Waals surface area contributed by atoms with E-state index in [1.807, 2.05) is 35.7 Å². The Hall–Kier alpha value is -2.87. The van der Waals surface area contributed by atoms with Crippen LogP contribution in [0.25, 0.3) is 0 Å². The third kappa shape index (κ3) is 5.30. The quantitative estimate of drug-likeness (QED) is 0.664. The molecule has 2 saturated heterocycles. The summed E-state index contributed by atoms with van der Waals surface area (Å²) in [6, 6.07) is 11.8. The van der Waals surface area contributed by atoms with E-state index in [1.54, 1.807) is 28.2 Å². The first kappa shape index (κ1) is 22.3. The van der Waals surface area contributed by atoms with Gasteiger partial charge in [0.05, 0.1) is 13.7 Å². The van der Waals surface area contributed by atoms with Gasteiger partial charge >= 0.3 is 0 Å². The number of rotatable bonds is 8. The summed E-state index contributed by atoms with van der Waals surface area (Å²) in [5, 5.41) is 5.16. The van der Waals surface area contributed by atoms with Gasteiger partial charge in [-0.1, -0.05) is 18.2 Å². The molecule has 0 bridgehead atoms. The van der Waals surface area contributed by atoms with E-state index in [4.69, 9.17) is 4.74 Å². The fourth-order valence-corrected chi connectivity index (χ4v) is 5.36. The summed E-state index contributed by atoms with van der Waals surface area (Å²) in [7, 11) is 1.62. The third-order valence-electron chi connectivity index (χ3n) is 6.32. The molecule has 32 heavy (non-hydrogen) atoms. The molecule has 1 atom stereocenters. The number of benzene rings is 1. The molecular formula is C24H29N3O4S. The van der Waals surface area contributed by atoms with E-state index in [2.05, 4.69) is 11.4 Å². The van der Waals surface area contributed by atoms with E-state index in [0.29, 0.717) is 38.9 Å². The zero-order valence-electron chi connectivity index (χ0n) is 18.3. The van der Waals surface area contributed by atoms with Crippen molar-refractivity contribution in [2.45, 2.75) is 44.2 Å². The summed E-state index contributed by atoms with van der Waals surface area (Å²) >= 11 is 1.67. The van der Waals surface area contributed by atoms with Crippen LogP contribution in [-0.4, -0.2) is 59.8 Å². The lowest BCUT2D eigenvalue weighted by Crippen LogP contribution is -2.52. The average Bonchev–Trinajstić information content (AvgIpc) is 3.43. The van der Waals surface area contributed by atoms with Crippen LogP contribution in [0.1, 0.15) is 36.1 Å². The Balaban J connectivity index is 1.31. The fraction of sp³-hybridized carbons (Fsp3) is 0.458. The Morgan fingerprint density at radius 2 is 2.09 bits per heavy atom. The highest BCUT2D eigenvalue weighted by molar-refractivity contribution is 7.09. The molecule has 0 saturated carbocycles. The van der Waals surface area contributed by atoms with E-state index >= 15 is 0 Å². The molecular weight excluding hydrogens is 426 g/mol. The van der Waals surface area contributed by atoms with Crippen molar-refractivity contribution in [3.63, 3.8) is 0 Å². The van der Waals surface area contributed by atoms with E-state index in [-0.39, 0.29) is 29.8 Å². The first-order valence-electron chi connectivity index (χ1n) is 11.0. The van der Waals surface area contributed by atoms with Crippen LogP contribution in [0.4, 0.5) is 0 Å². The largest absolute Gasteiger partial charge is 0.497 e. The lowest BCUT2D eigenvalue weighted by molar-refractivity contribution is -0.145. The minimum Gasteiger partial charge on any atom is -0.497 e. The van der Waals surface area contributed by atoms with Gasteiger partial charge in [0.1, 0.15) is 5.75 Å². The summed E-state index contributed by atoms with van der Waals surface area (Å²) in [5.74, 6) is 0.746. The Kier molecular flexibility index (Phi) is 6.79. The van der Waals surface area contributed by atoms with Crippen LogP contribution in [0.2, 0.25) is 0 Å². The summed E-state index contributed by atoms with van der Waals surface area (Å²) < 4.78 is 5.25. The van der Waals surface area contributed by atoms with Crippen molar-refractivity contribution in [3.8, 4) is 5.75 Å². The molecule has 7 nitrogen and oxygen atoms in total. The molecule has 170 valence electrons. The standard InChI is InChI=1S/C24H29N3O4S/c1-31-19-5-2-4-18(14-19)16-26-11-12-27(17-23(26)30)22(29)8-10-24(9-7-21(28)25-24)15-20-6-3-13-32-20/h2-6,13-14H,7-12,15-17H2,1H3,(H,25,28)/t24-/m0/s1. The van der Waals surface area contributed by atoms with Gasteiger partial charge in [0, 0.05) is 49.3 Å². The number of piperazine rings is 1. The first-order valence-corrected chi connectivity index (χ1v) is 11.9. The third-order valence-corrected chi connectivity index (χ3v) is 7.20. The summed E-state index contributed by atoms with van der Waals surface area (Å²) in [6.07, 6.45) is 2.91. The fourth-order valence-electron chi connectivity index (χ4n) is 4.51. The van der Waals surface area contributed by atoms with E-state index in [1.165, 1.54) is 4.88 Å². The zero-order valence-corrected chi connectivity index (χ0v) is 19.2. The van der Waals surface area contributed by atoms with Crippen molar-refractivity contribution in [1.29, 1.82) is 0 Å². The van der Waals surface area contributed by atoms with Crippen LogP contribution in [0.15, 0.2) is 41.8 Å². The number of hydrogen-bond acceptors (Lipinski definition) is 5. The van der Waals surface area contributed by atoms with Gasteiger partial charge in [-0.3, -0.25) is 14.4 Å². The van der Waals surface area contributed by atoms with Gasteiger partial charge < -0.3 is 19.9 Å². The van der Waals surface area contributed by atoms with Crippen LogP contribution >= 0.6 is 11.3 Å². The van der Waals surface area contributed by atoms with Crippen molar-refractivity contribution in [1.82, 2.24) is 15.1 Å². The minimum absolute atomic E-state index is 0.0221. The molecule has 4 rings (SSSR count). The van der Waals surface area contributed by atoms with Gasteiger partial charge in [-0.2, -0.15) is 0 Å². The van der Waals surface area contributed by atoms with Crippen LogP contribution in [-0.2, 0) is 27.3 Å². The molecule has 1 aromatic carbocycles. The normalized spacial score (nSPS) is 21.0. The predicted molar refractivity (Wildman–Crippen MR) is 122 cm³/mol. The van der Waals surface area contributed by atoms with Crippen LogP contribution in [0, 0.1) is 0 Å². The highest BCUT2D eigenvalue weighted by Crippen LogP contribution is 2.31. The summed E-state index contributed by atoms with van der Waals surface area (Å²) in [5.41, 5.74) is 0.639. The zero-order chi connectivity index (χ0) is 22.6. The topological polar surface area (TPSA) is 79.0 Å². The molecule has 2 aliphatic heterocycles. The molecule has 1 N–H and O–H groups in total. The second kappa shape index (κ2) is 9.73. The van der Waals surface area contributed by atoms with Crippen molar-refractivity contribution in [2.75, 3.05) is 26.7 Å². The molecule has 0 radical (unpaired) electrons.